The molecule has 0 aromatic carbocycles. The smallest absolute Gasteiger partial charge is 0.300 e. The Morgan fingerprint density at radius 2 is 1.54 bits per heavy atom. The van der Waals surface area contributed by atoms with Crippen molar-refractivity contribution >= 4 is 5.97 Å². The second-order valence-corrected chi connectivity index (χ2v) is 3.96. The van der Waals surface area contributed by atoms with Crippen LogP contribution in [-0.4, -0.2) is 22.3 Å². The first kappa shape index (κ1) is 14.9. The zero-order chi connectivity index (χ0) is 11.0. The zero-order valence-corrected chi connectivity index (χ0v) is 9.24. The van der Waals surface area contributed by atoms with Crippen molar-refractivity contribution in [1.82, 2.24) is 0 Å². The molecule has 0 saturated heterocycles. The largest absolute Gasteiger partial charge is 0.481 e. The third kappa shape index (κ3) is 18.4. The first-order valence-corrected chi connectivity index (χ1v) is 4.65. The van der Waals surface area contributed by atoms with Crippen LogP contribution in [0.1, 0.15) is 41.0 Å². The van der Waals surface area contributed by atoms with Crippen molar-refractivity contribution in [3.63, 3.8) is 0 Å². The Balaban J connectivity index is 0. The molecule has 0 aromatic rings. The number of rotatable bonds is 3. The quantitative estimate of drug-likeness (QED) is 0.716. The maximum atomic E-state index is 9.30. The molecule has 0 aliphatic rings. The number of carbonyl (C=O) groups is 1. The molecule has 80 valence electrons. The number of hydrogen-bond donors (Lipinski definition) is 2. The third-order valence-corrected chi connectivity index (χ3v) is 1.48. The number of aliphatic hydroxyl groups is 1. The molecule has 0 amide bonds. The van der Waals surface area contributed by atoms with E-state index in [4.69, 9.17) is 9.90 Å². The van der Waals surface area contributed by atoms with Gasteiger partial charge in [0.25, 0.3) is 5.97 Å². The van der Waals surface area contributed by atoms with Crippen molar-refractivity contribution in [2.75, 3.05) is 0 Å². The molecule has 0 aromatic heterocycles. The lowest BCUT2D eigenvalue weighted by atomic mass is 9.98. The standard InChI is InChI=1S/C8H18O.C2H4O2/c1-6(2)5-8(9)7(3)4;1-2(3)4/h6-9H,5H2,1-4H3;1H3,(H,3,4). The summed E-state index contributed by atoms with van der Waals surface area (Å²) < 4.78 is 0. The average Bonchev–Trinajstić information content (AvgIpc) is 1.83. The molecule has 13 heavy (non-hydrogen) atoms. The van der Waals surface area contributed by atoms with Crippen LogP contribution in [0.3, 0.4) is 0 Å². The summed E-state index contributed by atoms with van der Waals surface area (Å²) in [5.74, 6) is 0.190. The number of hydrogen-bond acceptors (Lipinski definition) is 2. The Morgan fingerprint density at radius 3 is 1.62 bits per heavy atom. The van der Waals surface area contributed by atoms with E-state index >= 15 is 0 Å². The topological polar surface area (TPSA) is 57.5 Å². The van der Waals surface area contributed by atoms with Crippen molar-refractivity contribution in [1.29, 1.82) is 0 Å². The van der Waals surface area contributed by atoms with Crippen LogP contribution in [0.2, 0.25) is 0 Å². The normalized spacial score (nSPS) is 12.3. The van der Waals surface area contributed by atoms with Gasteiger partial charge in [0.2, 0.25) is 0 Å². The van der Waals surface area contributed by atoms with Gasteiger partial charge in [-0.25, -0.2) is 0 Å². The van der Waals surface area contributed by atoms with Gasteiger partial charge in [-0.3, -0.25) is 4.79 Å². The van der Waals surface area contributed by atoms with E-state index in [0.29, 0.717) is 11.8 Å². The monoisotopic (exact) mass is 190 g/mol. The Bertz CT molecular complexity index is 126. The first-order chi connectivity index (χ1) is 5.77. The zero-order valence-electron chi connectivity index (χ0n) is 9.24. The van der Waals surface area contributed by atoms with Crippen molar-refractivity contribution in [3.8, 4) is 0 Å². The lowest BCUT2D eigenvalue weighted by Crippen LogP contribution is -2.16. The van der Waals surface area contributed by atoms with E-state index in [1.807, 2.05) is 13.8 Å². The van der Waals surface area contributed by atoms with E-state index in [-0.39, 0.29) is 6.10 Å². The number of aliphatic hydroxyl groups excluding tert-OH is 1. The van der Waals surface area contributed by atoms with E-state index in [9.17, 15) is 5.11 Å². The Hall–Kier alpha value is -0.570. The van der Waals surface area contributed by atoms with Crippen LogP contribution in [0.5, 0.6) is 0 Å². The van der Waals surface area contributed by atoms with Gasteiger partial charge in [0, 0.05) is 6.92 Å². The second kappa shape index (κ2) is 8.05. The molecule has 0 rings (SSSR count). The van der Waals surface area contributed by atoms with Crippen LogP contribution in [0.15, 0.2) is 0 Å². The Kier molecular flexibility index (Phi) is 9.24. The highest BCUT2D eigenvalue weighted by atomic mass is 16.4. The maximum Gasteiger partial charge on any atom is 0.300 e. The summed E-state index contributed by atoms with van der Waals surface area (Å²) in [4.78, 5) is 9.00. The maximum absolute atomic E-state index is 9.30. The van der Waals surface area contributed by atoms with E-state index in [1.54, 1.807) is 0 Å². The van der Waals surface area contributed by atoms with Crippen LogP contribution < -0.4 is 0 Å². The molecular weight excluding hydrogens is 168 g/mol. The fourth-order valence-electron chi connectivity index (χ4n) is 0.755. The van der Waals surface area contributed by atoms with Gasteiger partial charge in [-0.2, -0.15) is 0 Å². The van der Waals surface area contributed by atoms with Gasteiger partial charge < -0.3 is 10.2 Å². The molecule has 0 saturated carbocycles. The van der Waals surface area contributed by atoms with Gasteiger partial charge in [0.15, 0.2) is 0 Å². The molecule has 2 N–H and O–H groups in total. The Labute approximate surface area is 80.8 Å². The number of carboxylic acids is 1. The summed E-state index contributed by atoms with van der Waals surface area (Å²) in [6.07, 6.45) is 0.822. The van der Waals surface area contributed by atoms with E-state index in [0.717, 1.165) is 13.3 Å². The molecule has 0 aliphatic heterocycles. The van der Waals surface area contributed by atoms with Gasteiger partial charge in [0.05, 0.1) is 6.10 Å². The van der Waals surface area contributed by atoms with Crippen LogP contribution in [-0.2, 0) is 4.79 Å². The van der Waals surface area contributed by atoms with Crippen molar-refractivity contribution in [3.05, 3.63) is 0 Å². The predicted molar refractivity (Wildman–Crippen MR) is 53.6 cm³/mol. The average molecular weight is 190 g/mol. The van der Waals surface area contributed by atoms with Gasteiger partial charge in [-0.05, 0) is 18.3 Å². The van der Waals surface area contributed by atoms with Gasteiger partial charge in [-0.15, -0.1) is 0 Å². The molecule has 0 spiro atoms. The predicted octanol–water partition coefficient (Wildman–Crippen LogP) is 2.14. The highest BCUT2D eigenvalue weighted by Gasteiger charge is 2.09. The highest BCUT2D eigenvalue weighted by Crippen LogP contribution is 2.11. The highest BCUT2D eigenvalue weighted by molar-refractivity contribution is 5.62. The van der Waals surface area contributed by atoms with Crippen LogP contribution in [0, 0.1) is 11.8 Å². The summed E-state index contributed by atoms with van der Waals surface area (Å²) in [7, 11) is 0. The second-order valence-electron chi connectivity index (χ2n) is 3.96. The molecule has 0 fully saturated rings. The summed E-state index contributed by atoms with van der Waals surface area (Å²) in [5.41, 5.74) is 0. The van der Waals surface area contributed by atoms with E-state index in [1.165, 1.54) is 0 Å². The molecule has 1 atom stereocenters. The van der Waals surface area contributed by atoms with E-state index in [2.05, 4.69) is 13.8 Å². The molecule has 3 nitrogen and oxygen atoms in total. The minimum Gasteiger partial charge on any atom is -0.481 e. The molecule has 0 radical (unpaired) electrons. The Morgan fingerprint density at radius 1 is 1.23 bits per heavy atom. The molecule has 0 bridgehead atoms. The van der Waals surface area contributed by atoms with Crippen molar-refractivity contribution < 1.29 is 15.0 Å². The fraction of sp³-hybridized carbons (Fsp3) is 0.900. The number of carboxylic acid groups (broad SMARTS) is 1. The van der Waals surface area contributed by atoms with Gasteiger partial charge in [0.1, 0.15) is 0 Å². The SMILES string of the molecule is CC(=O)O.CC(C)CC(O)C(C)C. The summed E-state index contributed by atoms with van der Waals surface area (Å²) >= 11 is 0. The van der Waals surface area contributed by atoms with Gasteiger partial charge in [-0.1, -0.05) is 27.7 Å². The summed E-state index contributed by atoms with van der Waals surface area (Å²) in [5, 5.41) is 16.7. The van der Waals surface area contributed by atoms with Crippen molar-refractivity contribution in [2.45, 2.75) is 47.1 Å². The minimum absolute atomic E-state index is 0.106. The first-order valence-electron chi connectivity index (χ1n) is 4.65. The third-order valence-electron chi connectivity index (χ3n) is 1.48. The molecular formula is C10H22O3. The fourth-order valence-corrected chi connectivity index (χ4v) is 0.755. The van der Waals surface area contributed by atoms with Crippen LogP contribution in [0.25, 0.3) is 0 Å². The molecule has 3 heteroatoms. The molecule has 0 heterocycles. The lowest BCUT2D eigenvalue weighted by Gasteiger charge is -2.15. The van der Waals surface area contributed by atoms with Crippen molar-refractivity contribution in [2.24, 2.45) is 11.8 Å². The summed E-state index contributed by atoms with van der Waals surface area (Å²) in [6.45, 7) is 9.44. The molecule has 1 unspecified atom stereocenters. The molecule has 0 aliphatic carbocycles. The lowest BCUT2D eigenvalue weighted by molar-refractivity contribution is -0.134. The van der Waals surface area contributed by atoms with Crippen LogP contribution in [0.4, 0.5) is 0 Å². The summed E-state index contributed by atoms with van der Waals surface area (Å²) in [6, 6.07) is 0. The van der Waals surface area contributed by atoms with Gasteiger partial charge >= 0.3 is 0 Å². The number of aliphatic carboxylic acids is 1. The van der Waals surface area contributed by atoms with Crippen LogP contribution >= 0.6 is 0 Å². The van der Waals surface area contributed by atoms with E-state index < -0.39 is 5.97 Å². The minimum atomic E-state index is -0.833.